The van der Waals surface area contributed by atoms with Gasteiger partial charge in [-0.3, -0.25) is 19.4 Å². The molecule has 1 aliphatic rings. The standard InChI is InChI=1S/C21H21ClN2O7S/c1-11(25)28-17-10-32-21(19(30-13(3)27)18(17)29-12(2)26)31-16-7-6-15(24-20(16)22)14-5-4-8-23-9-14/h4-9,17-19,21H,10H2,1-3H3/t17-,18+,19-,21-/m1/s1. The van der Waals surface area contributed by atoms with Crippen molar-refractivity contribution in [2.75, 3.05) is 5.75 Å². The summed E-state index contributed by atoms with van der Waals surface area (Å²) in [7, 11) is 0. The van der Waals surface area contributed by atoms with Gasteiger partial charge in [-0.2, -0.15) is 0 Å². The van der Waals surface area contributed by atoms with Crippen molar-refractivity contribution in [3.63, 3.8) is 0 Å². The second-order valence-electron chi connectivity index (χ2n) is 6.84. The molecule has 0 bridgehead atoms. The third-order valence-electron chi connectivity index (χ3n) is 4.32. The van der Waals surface area contributed by atoms with Gasteiger partial charge in [-0.1, -0.05) is 11.6 Å². The number of hydrogen-bond acceptors (Lipinski definition) is 10. The fourth-order valence-electron chi connectivity index (χ4n) is 3.12. The molecule has 9 nitrogen and oxygen atoms in total. The molecule has 1 saturated heterocycles. The Morgan fingerprint density at radius 3 is 2.28 bits per heavy atom. The van der Waals surface area contributed by atoms with E-state index in [1.54, 1.807) is 30.6 Å². The zero-order valence-electron chi connectivity index (χ0n) is 17.5. The summed E-state index contributed by atoms with van der Waals surface area (Å²) in [5, 5.41) is 0.0969. The van der Waals surface area contributed by atoms with Gasteiger partial charge in [-0.15, -0.1) is 11.8 Å². The summed E-state index contributed by atoms with van der Waals surface area (Å²) < 4.78 is 22.0. The Kier molecular flexibility index (Phi) is 7.92. The number of halogens is 1. The maximum atomic E-state index is 11.8. The summed E-state index contributed by atoms with van der Waals surface area (Å²) in [6, 6.07) is 6.99. The van der Waals surface area contributed by atoms with E-state index in [0.717, 1.165) is 5.56 Å². The van der Waals surface area contributed by atoms with Crippen molar-refractivity contribution in [2.45, 2.75) is 44.5 Å². The van der Waals surface area contributed by atoms with Crippen LogP contribution in [0.25, 0.3) is 11.3 Å². The minimum Gasteiger partial charge on any atom is -0.472 e. The second-order valence-corrected chi connectivity index (χ2v) is 8.33. The van der Waals surface area contributed by atoms with Crippen LogP contribution in [0.3, 0.4) is 0 Å². The van der Waals surface area contributed by atoms with E-state index < -0.39 is 41.7 Å². The number of carbonyl (C=O) groups is 3. The van der Waals surface area contributed by atoms with Crippen LogP contribution in [0.1, 0.15) is 20.8 Å². The van der Waals surface area contributed by atoms with Crippen LogP contribution in [0.5, 0.6) is 5.75 Å². The van der Waals surface area contributed by atoms with Crippen molar-refractivity contribution < 1.29 is 33.3 Å². The highest BCUT2D eigenvalue weighted by molar-refractivity contribution is 7.99. The van der Waals surface area contributed by atoms with Crippen molar-refractivity contribution >= 4 is 41.3 Å². The normalized spacial score (nSPS) is 22.5. The number of esters is 3. The zero-order valence-corrected chi connectivity index (χ0v) is 19.1. The summed E-state index contributed by atoms with van der Waals surface area (Å²) in [6.07, 6.45) is 0.403. The molecule has 0 radical (unpaired) electrons. The average Bonchev–Trinajstić information content (AvgIpc) is 2.73. The van der Waals surface area contributed by atoms with Gasteiger partial charge in [0.05, 0.1) is 5.69 Å². The number of thioether (sulfide) groups is 1. The van der Waals surface area contributed by atoms with Crippen LogP contribution in [-0.4, -0.2) is 57.4 Å². The minimum atomic E-state index is -1.05. The van der Waals surface area contributed by atoms with E-state index in [0.29, 0.717) is 5.69 Å². The number of ether oxygens (including phenoxy) is 4. The van der Waals surface area contributed by atoms with E-state index >= 15 is 0 Å². The fourth-order valence-corrected chi connectivity index (χ4v) is 4.53. The maximum absolute atomic E-state index is 11.8. The molecule has 1 fully saturated rings. The predicted molar refractivity (Wildman–Crippen MR) is 116 cm³/mol. The molecule has 0 amide bonds. The molecule has 4 atom stereocenters. The summed E-state index contributed by atoms with van der Waals surface area (Å²) in [6.45, 7) is 3.68. The molecular weight excluding hydrogens is 460 g/mol. The van der Waals surface area contributed by atoms with E-state index in [1.165, 1.54) is 32.5 Å². The molecule has 0 aliphatic carbocycles. The summed E-state index contributed by atoms with van der Waals surface area (Å²) >= 11 is 7.58. The summed E-state index contributed by atoms with van der Waals surface area (Å²) in [5.41, 5.74) is 0.597. The van der Waals surface area contributed by atoms with E-state index in [2.05, 4.69) is 9.97 Å². The van der Waals surface area contributed by atoms with Crippen LogP contribution >= 0.6 is 23.4 Å². The molecule has 1 aliphatic heterocycles. The Labute approximate surface area is 193 Å². The van der Waals surface area contributed by atoms with Gasteiger partial charge in [0.2, 0.25) is 0 Å². The van der Waals surface area contributed by atoms with Crippen molar-refractivity contribution in [1.29, 1.82) is 0 Å². The molecule has 170 valence electrons. The first-order valence-electron chi connectivity index (χ1n) is 9.61. The third kappa shape index (κ3) is 6.10. The van der Waals surface area contributed by atoms with Gasteiger partial charge in [-0.05, 0) is 24.3 Å². The molecule has 3 heterocycles. The Bertz CT molecular complexity index is 991. The molecule has 2 aromatic heterocycles. The Hall–Kier alpha value is -2.85. The molecule has 0 unspecified atom stereocenters. The SMILES string of the molecule is CC(=O)O[C@@H]1[C@@H](OC(C)=O)[C@H](OC(C)=O)CS[C@H]1Oc1ccc(-c2cccnc2)nc1Cl. The van der Waals surface area contributed by atoms with E-state index in [9.17, 15) is 14.4 Å². The third-order valence-corrected chi connectivity index (χ3v) is 5.80. The molecule has 0 N–H and O–H groups in total. The summed E-state index contributed by atoms with van der Waals surface area (Å²) in [5.74, 6) is -1.27. The first-order chi connectivity index (χ1) is 15.2. The van der Waals surface area contributed by atoms with Crippen molar-refractivity contribution in [2.24, 2.45) is 0 Å². The Morgan fingerprint density at radius 2 is 1.69 bits per heavy atom. The lowest BCUT2D eigenvalue weighted by molar-refractivity contribution is -0.186. The first-order valence-corrected chi connectivity index (χ1v) is 11.0. The van der Waals surface area contributed by atoms with Crippen LogP contribution in [0.2, 0.25) is 5.15 Å². The topological polar surface area (TPSA) is 114 Å². The van der Waals surface area contributed by atoms with Crippen molar-refractivity contribution in [3.8, 4) is 17.0 Å². The van der Waals surface area contributed by atoms with Crippen LogP contribution in [0.4, 0.5) is 0 Å². The zero-order chi connectivity index (χ0) is 23.3. The minimum absolute atomic E-state index is 0.0969. The molecule has 0 saturated carbocycles. The van der Waals surface area contributed by atoms with Crippen molar-refractivity contribution in [1.82, 2.24) is 9.97 Å². The number of pyridine rings is 2. The Balaban J connectivity index is 1.86. The molecule has 2 aromatic rings. The number of aromatic nitrogens is 2. The van der Waals surface area contributed by atoms with Crippen LogP contribution in [0, 0.1) is 0 Å². The highest BCUT2D eigenvalue weighted by Crippen LogP contribution is 2.36. The van der Waals surface area contributed by atoms with Crippen molar-refractivity contribution in [3.05, 3.63) is 41.8 Å². The number of hydrogen-bond donors (Lipinski definition) is 0. The van der Waals surface area contributed by atoms with Gasteiger partial charge in [0, 0.05) is 44.5 Å². The van der Waals surface area contributed by atoms with Crippen LogP contribution in [0.15, 0.2) is 36.7 Å². The molecule has 3 rings (SSSR count). The largest absolute Gasteiger partial charge is 0.472 e. The van der Waals surface area contributed by atoms with Gasteiger partial charge in [-0.25, -0.2) is 4.98 Å². The van der Waals surface area contributed by atoms with E-state index in [-0.39, 0.29) is 16.7 Å². The lowest BCUT2D eigenvalue weighted by Gasteiger charge is -2.39. The van der Waals surface area contributed by atoms with Gasteiger partial charge >= 0.3 is 17.9 Å². The second kappa shape index (κ2) is 10.6. The number of nitrogens with zero attached hydrogens (tertiary/aromatic N) is 2. The van der Waals surface area contributed by atoms with Gasteiger partial charge in [0.25, 0.3) is 0 Å². The molecule has 0 aromatic carbocycles. The van der Waals surface area contributed by atoms with Gasteiger partial charge in [0.1, 0.15) is 0 Å². The lowest BCUT2D eigenvalue weighted by atomic mass is 10.1. The maximum Gasteiger partial charge on any atom is 0.303 e. The van der Waals surface area contributed by atoms with Gasteiger partial charge < -0.3 is 18.9 Å². The smallest absolute Gasteiger partial charge is 0.303 e. The molecule has 0 spiro atoms. The van der Waals surface area contributed by atoms with E-state index in [4.69, 9.17) is 30.5 Å². The molecule has 32 heavy (non-hydrogen) atoms. The van der Waals surface area contributed by atoms with E-state index in [1.807, 2.05) is 6.07 Å². The molecular formula is C21H21ClN2O7S. The summed E-state index contributed by atoms with van der Waals surface area (Å²) in [4.78, 5) is 43.3. The number of carbonyl (C=O) groups excluding carboxylic acids is 3. The first kappa shape index (κ1) is 23.8. The highest BCUT2D eigenvalue weighted by Gasteiger charge is 2.47. The number of rotatable bonds is 6. The monoisotopic (exact) mass is 480 g/mol. The van der Waals surface area contributed by atoms with Gasteiger partial charge in [0.15, 0.2) is 34.7 Å². The molecule has 11 heteroatoms. The Morgan fingerprint density at radius 1 is 1.00 bits per heavy atom. The van der Waals surface area contributed by atoms with Crippen LogP contribution in [-0.2, 0) is 28.6 Å². The average molecular weight is 481 g/mol. The fraction of sp³-hybridized carbons (Fsp3) is 0.381. The predicted octanol–water partition coefficient (Wildman–Crippen LogP) is 3.04. The highest BCUT2D eigenvalue weighted by atomic mass is 35.5. The lowest BCUT2D eigenvalue weighted by Crippen LogP contribution is -2.55. The van der Waals surface area contributed by atoms with Crippen LogP contribution < -0.4 is 4.74 Å². The quantitative estimate of drug-likeness (QED) is 0.347.